The first kappa shape index (κ1) is 18.4. The van der Waals surface area contributed by atoms with E-state index in [1.807, 2.05) is 0 Å². The predicted molar refractivity (Wildman–Crippen MR) is 91.3 cm³/mol. The predicted octanol–water partition coefficient (Wildman–Crippen LogP) is 1.58. The molecule has 140 valence electrons. The molecule has 0 spiro atoms. The highest BCUT2D eigenvalue weighted by molar-refractivity contribution is 5.86. The first-order valence-electron chi connectivity index (χ1n) is 8.91. The molecule has 1 saturated carbocycles. The van der Waals surface area contributed by atoms with E-state index in [9.17, 15) is 18.8 Å². The molecule has 1 aromatic carbocycles. The molecule has 2 amide bonds. The van der Waals surface area contributed by atoms with Crippen molar-refractivity contribution in [1.29, 1.82) is 0 Å². The van der Waals surface area contributed by atoms with Crippen LogP contribution in [0, 0.1) is 17.7 Å². The van der Waals surface area contributed by atoms with Gasteiger partial charge in [-0.3, -0.25) is 14.4 Å². The number of halogens is 1. The molecular weight excluding hydrogens is 339 g/mol. The highest BCUT2D eigenvalue weighted by atomic mass is 19.1. The average Bonchev–Trinajstić information content (AvgIpc) is 3.42. The number of hydrogen-bond donors (Lipinski definition) is 1. The van der Waals surface area contributed by atoms with Gasteiger partial charge >= 0.3 is 5.97 Å². The van der Waals surface area contributed by atoms with E-state index in [0.29, 0.717) is 31.4 Å². The maximum absolute atomic E-state index is 13.8. The topological polar surface area (TPSA) is 89.7 Å². The summed E-state index contributed by atoms with van der Waals surface area (Å²) in [7, 11) is 0. The first-order valence-corrected chi connectivity index (χ1v) is 8.91. The highest BCUT2D eigenvalue weighted by Crippen LogP contribution is 2.49. The zero-order chi connectivity index (χ0) is 18.8. The number of primary amides is 1. The zero-order valence-corrected chi connectivity index (χ0v) is 14.7. The largest absolute Gasteiger partial charge is 0.452 e. The summed E-state index contributed by atoms with van der Waals surface area (Å²) < 4.78 is 19.1. The third-order valence-electron chi connectivity index (χ3n) is 5.17. The van der Waals surface area contributed by atoms with Crippen molar-refractivity contribution < 1.29 is 23.5 Å². The number of benzene rings is 1. The van der Waals surface area contributed by atoms with Crippen molar-refractivity contribution in [3.05, 3.63) is 35.6 Å². The molecule has 1 heterocycles. The van der Waals surface area contributed by atoms with E-state index in [1.165, 1.54) is 17.9 Å². The Balaban J connectivity index is 1.54. The summed E-state index contributed by atoms with van der Waals surface area (Å²) in [6, 6.07) is 6.37. The van der Waals surface area contributed by atoms with E-state index in [0.717, 1.165) is 0 Å². The Morgan fingerprint density at radius 3 is 2.73 bits per heavy atom. The van der Waals surface area contributed by atoms with E-state index >= 15 is 0 Å². The molecule has 7 heteroatoms. The molecule has 26 heavy (non-hydrogen) atoms. The van der Waals surface area contributed by atoms with Crippen LogP contribution in [-0.4, -0.2) is 41.9 Å². The molecule has 1 aliphatic heterocycles. The molecular formula is C19H23FN2O4. The molecule has 0 aromatic heterocycles. The fraction of sp³-hybridized carbons (Fsp3) is 0.526. The summed E-state index contributed by atoms with van der Waals surface area (Å²) >= 11 is 0. The summed E-state index contributed by atoms with van der Waals surface area (Å²) in [5, 5.41) is 0. The number of likely N-dealkylation sites (tertiary alicyclic amines) is 1. The minimum absolute atomic E-state index is 0.194. The van der Waals surface area contributed by atoms with Crippen LogP contribution in [0.1, 0.15) is 37.7 Å². The van der Waals surface area contributed by atoms with E-state index in [1.54, 1.807) is 18.2 Å². The van der Waals surface area contributed by atoms with Gasteiger partial charge < -0.3 is 15.4 Å². The summed E-state index contributed by atoms with van der Waals surface area (Å²) in [5.41, 5.74) is 5.83. The summed E-state index contributed by atoms with van der Waals surface area (Å²) in [6.07, 6.45) is 0.947. The van der Waals surface area contributed by atoms with Crippen LogP contribution in [0.15, 0.2) is 24.3 Å². The van der Waals surface area contributed by atoms with Crippen LogP contribution in [0.4, 0.5) is 4.39 Å². The Kier molecular flexibility index (Phi) is 5.25. The van der Waals surface area contributed by atoms with Crippen molar-refractivity contribution in [1.82, 2.24) is 4.90 Å². The number of nitrogens with zero attached hydrogens (tertiary/aromatic N) is 1. The normalized spacial score (nSPS) is 26.1. The quantitative estimate of drug-likeness (QED) is 0.806. The number of nitrogens with two attached hydrogens (primary N) is 1. The van der Waals surface area contributed by atoms with E-state index < -0.39 is 23.9 Å². The summed E-state index contributed by atoms with van der Waals surface area (Å²) in [5.74, 6) is -2.53. The molecule has 3 rings (SSSR count). The number of esters is 1. The second-order valence-electron chi connectivity index (χ2n) is 7.08. The second kappa shape index (κ2) is 7.43. The number of hydrogen-bond acceptors (Lipinski definition) is 4. The fourth-order valence-electron chi connectivity index (χ4n) is 3.55. The third-order valence-corrected chi connectivity index (χ3v) is 5.17. The van der Waals surface area contributed by atoms with Crippen molar-refractivity contribution in [2.24, 2.45) is 17.6 Å². The molecule has 6 nitrogen and oxygen atoms in total. The van der Waals surface area contributed by atoms with Crippen LogP contribution >= 0.6 is 0 Å². The van der Waals surface area contributed by atoms with E-state index in [4.69, 9.17) is 10.5 Å². The molecule has 2 aliphatic rings. The van der Waals surface area contributed by atoms with Crippen LogP contribution in [0.5, 0.6) is 0 Å². The summed E-state index contributed by atoms with van der Waals surface area (Å²) in [6.45, 7) is 2.30. The van der Waals surface area contributed by atoms with Crippen molar-refractivity contribution >= 4 is 17.8 Å². The maximum atomic E-state index is 13.8. The molecule has 1 aromatic rings. The molecule has 4 atom stereocenters. The molecule has 0 bridgehead atoms. The SMILES string of the molecule is CC(OC(=O)C1CC1c1ccccc1F)C(=O)N1CCCC(C(N)=O)C1. The van der Waals surface area contributed by atoms with Gasteiger partial charge in [-0.25, -0.2) is 4.39 Å². The number of ether oxygens (including phenoxy) is 1. The Morgan fingerprint density at radius 2 is 2.04 bits per heavy atom. The van der Waals surface area contributed by atoms with Crippen LogP contribution in [0.2, 0.25) is 0 Å². The molecule has 1 saturated heterocycles. The molecule has 4 unspecified atom stereocenters. The lowest BCUT2D eigenvalue weighted by molar-refractivity contribution is -0.161. The number of carbonyl (C=O) groups excluding carboxylic acids is 3. The van der Waals surface area contributed by atoms with Gasteiger partial charge in [0.05, 0.1) is 11.8 Å². The zero-order valence-electron chi connectivity index (χ0n) is 14.7. The van der Waals surface area contributed by atoms with Crippen molar-refractivity contribution in [3.63, 3.8) is 0 Å². The van der Waals surface area contributed by atoms with E-state index in [-0.39, 0.29) is 30.1 Å². The number of rotatable bonds is 5. The van der Waals surface area contributed by atoms with Gasteiger partial charge in [0.1, 0.15) is 5.82 Å². The lowest BCUT2D eigenvalue weighted by Crippen LogP contribution is -2.48. The Labute approximate surface area is 151 Å². The van der Waals surface area contributed by atoms with Crippen molar-refractivity contribution in [2.75, 3.05) is 13.1 Å². The summed E-state index contributed by atoms with van der Waals surface area (Å²) in [4.78, 5) is 37.6. The second-order valence-corrected chi connectivity index (χ2v) is 7.08. The van der Waals surface area contributed by atoms with Crippen LogP contribution in [-0.2, 0) is 19.1 Å². The van der Waals surface area contributed by atoms with Gasteiger partial charge in [-0.2, -0.15) is 0 Å². The first-order chi connectivity index (χ1) is 12.4. The van der Waals surface area contributed by atoms with Crippen LogP contribution in [0.25, 0.3) is 0 Å². The van der Waals surface area contributed by atoms with Crippen LogP contribution < -0.4 is 5.73 Å². The number of carbonyl (C=O) groups is 3. The van der Waals surface area contributed by atoms with Gasteiger partial charge in [0.15, 0.2) is 6.10 Å². The lowest BCUT2D eigenvalue weighted by atomic mass is 9.97. The Morgan fingerprint density at radius 1 is 1.31 bits per heavy atom. The van der Waals surface area contributed by atoms with Gasteiger partial charge in [-0.15, -0.1) is 0 Å². The monoisotopic (exact) mass is 362 g/mol. The maximum Gasteiger partial charge on any atom is 0.310 e. The Hall–Kier alpha value is -2.44. The van der Waals surface area contributed by atoms with Gasteiger partial charge in [0.25, 0.3) is 5.91 Å². The van der Waals surface area contributed by atoms with Crippen LogP contribution in [0.3, 0.4) is 0 Å². The number of amides is 2. The standard InChI is InChI=1S/C19H23FN2O4/c1-11(18(24)22-8-4-5-12(10-22)17(21)23)26-19(25)15-9-14(15)13-6-2-3-7-16(13)20/h2-3,6-7,11-12,14-15H,4-5,8-10H2,1H3,(H2,21,23). The number of piperidine rings is 1. The minimum atomic E-state index is -0.934. The van der Waals surface area contributed by atoms with Gasteiger partial charge in [0, 0.05) is 19.0 Å². The molecule has 0 radical (unpaired) electrons. The van der Waals surface area contributed by atoms with Gasteiger partial charge in [-0.1, -0.05) is 18.2 Å². The molecule has 2 N–H and O–H groups in total. The fourth-order valence-corrected chi connectivity index (χ4v) is 3.55. The molecule has 2 fully saturated rings. The highest BCUT2D eigenvalue weighted by Gasteiger charge is 2.47. The Bertz CT molecular complexity index is 723. The average molecular weight is 362 g/mol. The van der Waals surface area contributed by atoms with Crippen molar-refractivity contribution in [2.45, 2.75) is 38.2 Å². The van der Waals surface area contributed by atoms with Crippen molar-refractivity contribution in [3.8, 4) is 0 Å². The smallest absolute Gasteiger partial charge is 0.310 e. The minimum Gasteiger partial charge on any atom is -0.452 e. The third kappa shape index (κ3) is 3.86. The van der Waals surface area contributed by atoms with E-state index in [2.05, 4.69) is 0 Å². The van der Waals surface area contributed by atoms with Gasteiger partial charge in [-0.05, 0) is 37.8 Å². The lowest BCUT2D eigenvalue weighted by Gasteiger charge is -2.32. The molecule has 1 aliphatic carbocycles. The van der Waals surface area contributed by atoms with Gasteiger partial charge in [0.2, 0.25) is 5.91 Å².